The monoisotopic (exact) mass is 756 g/mol. The van der Waals surface area contributed by atoms with Gasteiger partial charge in [0.05, 0.1) is 0 Å². The van der Waals surface area contributed by atoms with Crippen molar-refractivity contribution >= 4 is 17.9 Å². The van der Waals surface area contributed by atoms with Gasteiger partial charge in [-0.05, 0) is 124 Å². The molecule has 0 heterocycles. The molecule has 3 amide bonds. The number of carbonyl (C=O) groups is 3. The van der Waals surface area contributed by atoms with Crippen LogP contribution in [0, 0.1) is 0 Å². The van der Waals surface area contributed by atoms with Crippen molar-refractivity contribution in [2.24, 2.45) is 0 Å². The largest absolute Gasteiger partial charge is 0.455 e. The zero-order chi connectivity index (χ0) is 39.7. The van der Waals surface area contributed by atoms with Crippen LogP contribution < -0.4 is 5.32 Å². The Hall–Kier alpha value is -2.67. The Morgan fingerprint density at radius 3 is 1.33 bits per heavy atom. The molecule has 0 saturated heterocycles. The second-order valence-corrected chi connectivity index (χ2v) is 15.2. The molecule has 0 aliphatic rings. The summed E-state index contributed by atoms with van der Waals surface area (Å²) >= 11 is 0. The number of esters is 1. The van der Waals surface area contributed by atoms with Gasteiger partial charge in [0, 0.05) is 13.1 Å². The van der Waals surface area contributed by atoms with Crippen LogP contribution >= 0.6 is 0 Å². The summed E-state index contributed by atoms with van der Waals surface area (Å²) in [7, 11) is 3.89. The number of rotatable bonds is 36. The minimum absolute atomic E-state index is 0.181. The van der Waals surface area contributed by atoms with Crippen LogP contribution in [0.3, 0.4) is 0 Å². The zero-order valence-electron chi connectivity index (χ0n) is 35.9. The van der Waals surface area contributed by atoms with Crippen molar-refractivity contribution in [2.75, 3.05) is 33.7 Å². The van der Waals surface area contributed by atoms with Gasteiger partial charge in [0.15, 0.2) is 0 Å². The highest BCUT2D eigenvalue weighted by atomic mass is 16.5. The van der Waals surface area contributed by atoms with E-state index in [1.165, 1.54) is 103 Å². The molecule has 0 saturated carbocycles. The third-order valence-corrected chi connectivity index (χ3v) is 9.71. The molecule has 0 unspecified atom stereocenters. The third kappa shape index (κ3) is 33.9. The molecule has 0 aromatic carbocycles. The first-order valence-corrected chi connectivity index (χ1v) is 22.4. The number of carbonyl (C=O) groups excluding carboxylic acids is 3. The summed E-state index contributed by atoms with van der Waals surface area (Å²) in [5.74, 6) is -1.77. The van der Waals surface area contributed by atoms with Crippen molar-refractivity contribution in [1.82, 2.24) is 15.1 Å². The molecule has 312 valence electrons. The minimum Gasteiger partial charge on any atom is -0.455 e. The van der Waals surface area contributed by atoms with Gasteiger partial charge in [0.2, 0.25) is 0 Å². The van der Waals surface area contributed by atoms with Crippen molar-refractivity contribution in [3.05, 3.63) is 48.6 Å². The van der Waals surface area contributed by atoms with E-state index in [0.29, 0.717) is 19.5 Å². The van der Waals surface area contributed by atoms with E-state index in [2.05, 4.69) is 67.8 Å². The lowest BCUT2D eigenvalue weighted by atomic mass is 10.0. The van der Waals surface area contributed by atoms with Crippen LogP contribution in [0.2, 0.25) is 0 Å². The molecular weight excluding hydrogens is 671 g/mol. The average Bonchev–Trinajstić information content (AvgIpc) is 3.15. The summed E-state index contributed by atoms with van der Waals surface area (Å²) in [5, 5.41) is 2.68. The lowest BCUT2D eigenvalue weighted by Crippen LogP contribution is -2.48. The number of allylic oxidation sites excluding steroid dienone is 8. The van der Waals surface area contributed by atoms with Crippen LogP contribution in [0.5, 0.6) is 0 Å². The normalized spacial score (nSPS) is 12.1. The fourth-order valence-electron chi connectivity index (χ4n) is 6.38. The molecule has 0 aliphatic carbocycles. The quantitative estimate of drug-likeness (QED) is 0.0298. The van der Waals surface area contributed by atoms with E-state index >= 15 is 0 Å². The Kier molecular flexibility index (Phi) is 38.0. The smallest absolute Gasteiger partial charge is 0.397 e. The number of nitrogens with one attached hydrogen (secondary N) is 1. The molecule has 1 N–H and O–H groups in total. The van der Waals surface area contributed by atoms with Crippen LogP contribution in [-0.4, -0.2) is 67.5 Å². The van der Waals surface area contributed by atoms with Crippen molar-refractivity contribution in [1.29, 1.82) is 0 Å². The number of unbranched alkanes of at least 4 members (excludes halogenated alkanes) is 18. The standard InChI is InChI=1S/C47H85N3O4/c1-6-9-11-13-15-17-19-21-23-25-27-29-31-33-35-37-40-44(54-46(52)45(51)50(47(53)48-8-3)43-39-42-49(4)5)41-38-36-34-32-30-28-26-24-22-20-18-16-14-12-10-7-2/h15-18,21-24,44H,6-14,19-20,25-43H2,1-5H3,(H,48,53)/b17-15-,18-16-,23-21-,24-22-. The van der Waals surface area contributed by atoms with Crippen molar-refractivity contribution in [2.45, 2.75) is 200 Å². The lowest BCUT2D eigenvalue weighted by molar-refractivity contribution is -0.163. The third-order valence-electron chi connectivity index (χ3n) is 9.71. The number of hydrogen-bond acceptors (Lipinski definition) is 5. The fraction of sp³-hybridized carbons (Fsp3) is 0.766. The topological polar surface area (TPSA) is 79.0 Å². The summed E-state index contributed by atoms with van der Waals surface area (Å²) in [6.45, 7) is 7.56. The molecule has 0 spiro atoms. The Labute approximate surface area is 333 Å². The molecule has 0 aliphatic heterocycles. The minimum atomic E-state index is -0.906. The first-order chi connectivity index (χ1) is 26.4. The molecule has 0 aromatic rings. The maximum Gasteiger partial charge on any atom is 0.397 e. The summed E-state index contributed by atoms with van der Waals surface area (Å²) in [5.41, 5.74) is 0. The maximum absolute atomic E-state index is 13.2. The van der Waals surface area contributed by atoms with Crippen LogP contribution in [0.4, 0.5) is 4.79 Å². The summed E-state index contributed by atoms with van der Waals surface area (Å²) < 4.78 is 5.85. The van der Waals surface area contributed by atoms with Gasteiger partial charge < -0.3 is 15.0 Å². The number of hydrogen-bond donors (Lipinski definition) is 1. The van der Waals surface area contributed by atoms with E-state index < -0.39 is 17.9 Å². The van der Waals surface area contributed by atoms with E-state index in [-0.39, 0.29) is 12.6 Å². The average molecular weight is 756 g/mol. The molecule has 7 nitrogen and oxygen atoms in total. The number of nitrogens with zero attached hydrogens (tertiary/aromatic N) is 2. The fourth-order valence-corrected chi connectivity index (χ4v) is 6.38. The Morgan fingerprint density at radius 1 is 0.519 bits per heavy atom. The van der Waals surface area contributed by atoms with Crippen LogP contribution in [0.1, 0.15) is 194 Å². The molecular formula is C47H85N3O4. The number of imide groups is 1. The Balaban J connectivity index is 4.68. The second-order valence-electron chi connectivity index (χ2n) is 15.2. The van der Waals surface area contributed by atoms with Crippen molar-refractivity contribution in [3.63, 3.8) is 0 Å². The molecule has 0 fully saturated rings. The summed E-state index contributed by atoms with van der Waals surface area (Å²) in [6.07, 6.45) is 48.7. The first kappa shape index (κ1) is 51.3. The molecule has 54 heavy (non-hydrogen) atoms. The van der Waals surface area contributed by atoms with E-state index in [1.807, 2.05) is 19.0 Å². The molecule has 0 aromatic heterocycles. The molecule has 0 rings (SSSR count). The van der Waals surface area contributed by atoms with E-state index in [0.717, 1.165) is 69.1 Å². The number of ether oxygens (including phenoxy) is 1. The molecule has 0 atom stereocenters. The second kappa shape index (κ2) is 40.0. The van der Waals surface area contributed by atoms with Gasteiger partial charge in [-0.15, -0.1) is 0 Å². The van der Waals surface area contributed by atoms with E-state index in [4.69, 9.17) is 4.74 Å². The van der Waals surface area contributed by atoms with Gasteiger partial charge >= 0.3 is 17.9 Å². The highest BCUT2D eigenvalue weighted by Gasteiger charge is 2.30. The van der Waals surface area contributed by atoms with Crippen molar-refractivity contribution in [3.8, 4) is 0 Å². The SMILES string of the molecule is CCCCC/C=C\C/C=C\CCCCCCCCC(CCCCCCCC/C=C\C/C=C\CCCCC)OC(=O)C(=O)N(CCCN(C)C)C(=O)NCC. The van der Waals surface area contributed by atoms with Crippen LogP contribution in [-0.2, 0) is 14.3 Å². The van der Waals surface area contributed by atoms with Gasteiger partial charge in [-0.3, -0.25) is 9.69 Å². The summed E-state index contributed by atoms with van der Waals surface area (Å²) in [4.78, 5) is 42.0. The summed E-state index contributed by atoms with van der Waals surface area (Å²) in [6, 6.07) is -0.537. The lowest BCUT2D eigenvalue weighted by Gasteiger charge is -2.23. The van der Waals surface area contributed by atoms with Crippen LogP contribution in [0.25, 0.3) is 0 Å². The zero-order valence-corrected chi connectivity index (χ0v) is 35.9. The van der Waals surface area contributed by atoms with E-state index in [1.54, 1.807) is 6.92 Å². The highest BCUT2D eigenvalue weighted by molar-refractivity contribution is 6.35. The van der Waals surface area contributed by atoms with Gasteiger partial charge in [-0.2, -0.15) is 0 Å². The highest BCUT2D eigenvalue weighted by Crippen LogP contribution is 2.18. The van der Waals surface area contributed by atoms with Gasteiger partial charge in [0.25, 0.3) is 0 Å². The van der Waals surface area contributed by atoms with Crippen molar-refractivity contribution < 1.29 is 19.1 Å². The molecule has 0 bridgehead atoms. The van der Waals surface area contributed by atoms with Gasteiger partial charge in [-0.1, -0.05) is 140 Å². The predicted molar refractivity (Wildman–Crippen MR) is 232 cm³/mol. The molecule has 0 radical (unpaired) electrons. The number of urea groups is 1. The predicted octanol–water partition coefficient (Wildman–Crippen LogP) is 12.8. The Morgan fingerprint density at radius 2 is 0.926 bits per heavy atom. The maximum atomic E-state index is 13.2. The van der Waals surface area contributed by atoms with Gasteiger partial charge in [0.1, 0.15) is 6.10 Å². The Bertz CT molecular complexity index is 955. The first-order valence-electron chi connectivity index (χ1n) is 22.4. The van der Waals surface area contributed by atoms with Gasteiger partial charge in [-0.25, -0.2) is 9.59 Å². The number of amides is 3. The van der Waals surface area contributed by atoms with E-state index in [9.17, 15) is 14.4 Å². The molecule has 7 heteroatoms. The van der Waals surface area contributed by atoms with Crippen LogP contribution in [0.15, 0.2) is 48.6 Å².